The zero-order valence-corrected chi connectivity index (χ0v) is 10.7. The number of rotatable bonds is 4. The summed E-state index contributed by atoms with van der Waals surface area (Å²) in [5, 5.41) is 2.93. The van der Waals surface area contributed by atoms with Gasteiger partial charge in [0.25, 0.3) is 0 Å². The third-order valence-electron chi connectivity index (χ3n) is 2.20. The molecule has 0 saturated carbocycles. The molecule has 0 bridgehead atoms. The van der Waals surface area contributed by atoms with Crippen LogP contribution in [0.1, 0.15) is 32.3 Å². The molecule has 0 atom stereocenters. The highest BCUT2D eigenvalue weighted by Gasteiger charge is 2.05. The van der Waals surface area contributed by atoms with E-state index in [1.807, 2.05) is 25.1 Å². The lowest BCUT2D eigenvalue weighted by atomic mass is 10.1. The van der Waals surface area contributed by atoms with Crippen LogP contribution in [0.4, 0.5) is 5.69 Å². The SMILES string of the molecule is CCCC(=O)Nc1ccc(Br)cc1CC. The lowest BCUT2D eigenvalue weighted by Gasteiger charge is -2.09. The van der Waals surface area contributed by atoms with E-state index in [2.05, 4.69) is 28.2 Å². The molecule has 0 saturated heterocycles. The Morgan fingerprint density at radius 2 is 2.13 bits per heavy atom. The molecule has 0 aliphatic carbocycles. The van der Waals surface area contributed by atoms with Gasteiger partial charge in [0, 0.05) is 16.6 Å². The zero-order valence-electron chi connectivity index (χ0n) is 9.14. The fraction of sp³-hybridized carbons (Fsp3) is 0.417. The predicted molar refractivity (Wildman–Crippen MR) is 67.1 cm³/mol. The first-order chi connectivity index (χ1) is 7.17. The molecule has 1 aromatic carbocycles. The van der Waals surface area contributed by atoms with Gasteiger partial charge in [-0.3, -0.25) is 4.79 Å². The first-order valence-electron chi connectivity index (χ1n) is 5.25. The third kappa shape index (κ3) is 3.67. The number of anilines is 1. The first-order valence-corrected chi connectivity index (χ1v) is 6.05. The Morgan fingerprint density at radius 3 is 2.73 bits per heavy atom. The van der Waals surface area contributed by atoms with E-state index < -0.39 is 0 Å². The average Bonchev–Trinajstić information content (AvgIpc) is 2.21. The van der Waals surface area contributed by atoms with Crippen molar-refractivity contribution in [1.29, 1.82) is 0 Å². The van der Waals surface area contributed by atoms with Gasteiger partial charge in [0.1, 0.15) is 0 Å². The molecule has 15 heavy (non-hydrogen) atoms. The number of amides is 1. The number of hydrogen-bond acceptors (Lipinski definition) is 1. The van der Waals surface area contributed by atoms with Crippen LogP contribution in [0.3, 0.4) is 0 Å². The van der Waals surface area contributed by atoms with Crippen LogP contribution < -0.4 is 5.32 Å². The molecule has 0 aromatic heterocycles. The van der Waals surface area contributed by atoms with E-state index in [1.54, 1.807) is 0 Å². The van der Waals surface area contributed by atoms with Crippen molar-refractivity contribution < 1.29 is 4.79 Å². The molecule has 0 heterocycles. The fourth-order valence-electron chi connectivity index (χ4n) is 1.42. The van der Waals surface area contributed by atoms with Crippen molar-refractivity contribution >= 4 is 27.5 Å². The van der Waals surface area contributed by atoms with E-state index in [-0.39, 0.29) is 5.91 Å². The highest BCUT2D eigenvalue weighted by atomic mass is 79.9. The average molecular weight is 270 g/mol. The smallest absolute Gasteiger partial charge is 0.224 e. The van der Waals surface area contributed by atoms with Crippen molar-refractivity contribution in [2.75, 3.05) is 5.32 Å². The van der Waals surface area contributed by atoms with Gasteiger partial charge in [0.15, 0.2) is 0 Å². The van der Waals surface area contributed by atoms with Crippen molar-refractivity contribution in [1.82, 2.24) is 0 Å². The molecule has 3 heteroatoms. The van der Waals surface area contributed by atoms with E-state index >= 15 is 0 Å². The lowest BCUT2D eigenvalue weighted by Crippen LogP contribution is -2.12. The van der Waals surface area contributed by atoms with E-state index in [1.165, 1.54) is 0 Å². The summed E-state index contributed by atoms with van der Waals surface area (Å²) in [6.07, 6.45) is 2.38. The standard InChI is InChI=1S/C12H16BrNO/c1-3-5-12(15)14-11-7-6-10(13)8-9(11)4-2/h6-8H,3-5H2,1-2H3,(H,14,15). The monoisotopic (exact) mass is 269 g/mol. The van der Waals surface area contributed by atoms with Gasteiger partial charge in [-0.2, -0.15) is 0 Å². The van der Waals surface area contributed by atoms with Crippen molar-refractivity contribution in [3.8, 4) is 0 Å². The quantitative estimate of drug-likeness (QED) is 0.887. The van der Waals surface area contributed by atoms with E-state index in [4.69, 9.17) is 0 Å². The molecule has 0 aliphatic rings. The minimum Gasteiger partial charge on any atom is -0.326 e. The van der Waals surface area contributed by atoms with Crippen molar-refractivity contribution in [2.24, 2.45) is 0 Å². The molecule has 1 aromatic rings. The second kappa shape index (κ2) is 5.91. The van der Waals surface area contributed by atoms with Gasteiger partial charge in [-0.15, -0.1) is 0 Å². The van der Waals surface area contributed by atoms with Gasteiger partial charge in [-0.1, -0.05) is 29.8 Å². The van der Waals surface area contributed by atoms with Crippen molar-refractivity contribution in [2.45, 2.75) is 33.1 Å². The Labute approximate surface area is 99.2 Å². The number of carbonyl (C=O) groups excluding carboxylic acids is 1. The first kappa shape index (κ1) is 12.2. The molecule has 1 rings (SSSR count). The maximum atomic E-state index is 11.4. The molecule has 82 valence electrons. The van der Waals surface area contributed by atoms with Gasteiger partial charge in [-0.25, -0.2) is 0 Å². The summed E-state index contributed by atoms with van der Waals surface area (Å²) in [6.45, 7) is 4.08. The van der Waals surface area contributed by atoms with Crippen LogP contribution in [-0.4, -0.2) is 5.91 Å². The van der Waals surface area contributed by atoms with E-state index in [0.717, 1.165) is 28.6 Å². The molecule has 0 spiro atoms. The summed E-state index contributed by atoms with van der Waals surface area (Å²) >= 11 is 3.42. The van der Waals surface area contributed by atoms with Gasteiger partial charge in [-0.05, 0) is 36.6 Å². The summed E-state index contributed by atoms with van der Waals surface area (Å²) < 4.78 is 1.05. The predicted octanol–water partition coefficient (Wildman–Crippen LogP) is 3.75. The Bertz CT molecular complexity index is 349. The molecule has 0 radical (unpaired) electrons. The third-order valence-corrected chi connectivity index (χ3v) is 2.69. The fourth-order valence-corrected chi connectivity index (χ4v) is 1.83. The maximum Gasteiger partial charge on any atom is 0.224 e. The Morgan fingerprint density at radius 1 is 1.40 bits per heavy atom. The number of halogens is 1. The molecule has 0 aliphatic heterocycles. The zero-order chi connectivity index (χ0) is 11.3. The van der Waals surface area contributed by atoms with Gasteiger partial charge in [0.2, 0.25) is 5.91 Å². The van der Waals surface area contributed by atoms with Crippen LogP contribution in [0.25, 0.3) is 0 Å². The highest BCUT2D eigenvalue weighted by molar-refractivity contribution is 9.10. The largest absolute Gasteiger partial charge is 0.326 e. The summed E-state index contributed by atoms with van der Waals surface area (Å²) in [6, 6.07) is 5.93. The van der Waals surface area contributed by atoms with Crippen LogP contribution in [0, 0.1) is 0 Å². The van der Waals surface area contributed by atoms with E-state index in [9.17, 15) is 4.79 Å². The second-order valence-corrected chi connectivity index (χ2v) is 4.37. The second-order valence-electron chi connectivity index (χ2n) is 3.45. The number of aryl methyl sites for hydroxylation is 1. The van der Waals surface area contributed by atoms with Crippen molar-refractivity contribution in [3.05, 3.63) is 28.2 Å². The maximum absolute atomic E-state index is 11.4. The van der Waals surface area contributed by atoms with E-state index in [0.29, 0.717) is 6.42 Å². The topological polar surface area (TPSA) is 29.1 Å². The Balaban J connectivity index is 2.80. The van der Waals surface area contributed by atoms with Crippen LogP contribution in [0.5, 0.6) is 0 Å². The molecule has 0 unspecified atom stereocenters. The Kier molecular flexibility index (Phi) is 4.82. The minimum atomic E-state index is 0.0922. The van der Waals surface area contributed by atoms with Gasteiger partial charge in [0.05, 0.1) is 0 Å². The van der Waals surface area contributed by atoms with Gasteiger partial charge >= 0.3 is 0 Å². The van der Waals surface area contributed by atoms with Crippen molar-refractivity contribution in [3.63, 3.8) is 0 Å². The normalized spacial score (nSPS) is 10.1. The summed E-state index contributed by atoms with van der Waals surface area (Å²) in [7, 11) is 0. The van der Waals surface area contributed by atoms with Crippen LogP contribution >= 0.6 is 15.9 Å². The van der Waals surface area contributed by atoms with Gasteiger partial charge < -0.3 is 5.32 Å². The number of benzene rings is 1. The summed E-state index contributed by atoms with van der Waals surface area (Å²) in [5.74, 6) is 0.0922. The lowest BCUT2D eigenvalue weighted by molar-refractivity contribution is -0.116. The molecule has 0 fully saturated rings. The molecule has 1 N–H and O–H groups in total. The highest BCUT2D eigenvalue weighted by Crippen LogP contribution is 2.21. The molecular formula is C12H16BrNO. The summed E-state index contributed by atoms with van der Waals surface area (Å²) in [4.78, 5) is 11.4. The number of nitrogens with one attached hydrogen (secondary N) is 1. The molecule has 2 nitrogen and oxygen atoms in total. The number of carbonyl (C=O) groups is 1. The minimum absolute atomic E-state index is 0.0922. The van der Waals surface area contributed by atoms with Crippen LogP contribution in [0.2, 0.25) is 0 Å². The number of hydrogen-bond donors (Lipinski definition) is 1. The van der Waals surface area contributed by atoms with Crippen LogP contribution in [-0.2, 0) is 11.2 Å². The van der Waals surface area contributed by atoms with Crippen LogP contribution in [0.15, 0.2) is 22.7 Å². The molecular weight excluding hydrogens is 254 g/mol. The molecule has 1 amide bonds. The summed E-state index contributed by atoms with van der Waals surface area (Å²) in [5.41, 5.74) is 2.09. The Hall–Kier alpha value is -0.830.